The van der Waals surface area contributed by atoms with Gasteiger partial charge in [-0.15, -0.1) is 0 Å². The average molecular weight is 272 g/mol. The molecule has 0 aromatic carbocycles. The summed E-state index contributed by atoms with van der Waals surface area (Å²) in [4.78, 5) is 0. The van der Waals surface area contributed by atoms with Gasteiger partial charge in [0.15, 0.2) is 0 Å². The van der Waals surface area contributed by atoms with Crippen LogP contribution in [0.5, 0.6) is 0 Å². The largest absolute Gasteiger partial charge is 0.373 e. The van der Waals surface area contributed by atoms with E-state index in [1.165, 1.54) is 6.42 Å². The molecule has 0 amide bonds. The summed E-state index contributed by atoms with van der Waals surface area (Å²) in [5.74, 6) is 1.43. The number of rotatable bonds is 10. The van der Waals surface area contributed by atoms with Gasteiger partial charge in [0.25, 0.3) is 0 Å². The molecule has 19 heavy (non-hydrogen) atoms. The van der Waals surface area contributed by atoms with Gasteiger partial charge >= 0.3 is 0 Å². The lowest BCUT2D eigenvalue weighted by molar-refractivity contribution is -0.124. The first-order valence-corrected chi connectivity index (χ1v) is 7.82. The lowest BCUT2D eigenvalue weighted by atomic mass is 9.96. The van der Waals surface area contributed by atoms with Gasteiger partial charge in [0, 0.05) is 6.61 Å². The average Bonchev–Trinajstić information content (AvgIpc) is 2.24. The molecule has 2 heteroatoms. The summed E-state index contributed by atoms with van der Waals surface area (Å²) in [6.07, 6.45) is 3.43. The van der Waals surface area contributed by atoms with E-state index in [-0.39, 0.29) is 11.2 Å². The predicted molar refractivity (Wildman–Crippen MR) is 83.6 cm³/mol. The normalized spacial score (nSPS) is 13.6. The second kappa shape index (κ2) is 8.26. The number of hydrogen-bond donors (Lipinski definition) is 0. The Hall–Kier alpha value is -0.0800. The highest BCUT2D eigenvalue weighted by atomic mass is 16.6. The van der Waals surface area contributed by atoms with Crippen LogP contribution in [0, 0.1) is 11.8 Å². The standard InChI is InChI=1S/C17H36O2/c1-14(2)9-11-16(5,6)19-13-17(7,8)18-12-10-15(3)4/h14-15H,9-13H2,1-8H3. The van der Waals surface area contributed by atoms with Gasteiger partial charge in [-0.2, -0.15) is 0 Å². The van der Waals surface area contributed by atoms with Gasteiger partial charge in [0.05, 0.1) is 17.8 Å². The Bertz CT molecular complexity index is 229. The van der Waals surface area contributed by atoms with Crippen molar-refractivity contribution in [2.45, 2.75) is 85.9 Å². The smallest absolute Gasteiger partial charge is 0.0859 e. The van der Waals surface area contributed by atoms with E-state index < -0.39 is 0 Å². The maximum absolute atomic E-state index is 6.08. The second-order valence-corrected chi connectivity index (χ2v) is 7.77. The van der Waals surface area contributed by atoms with Gasteiger partial charge in [0.2, 0.25) is 0 Å². The van der Waals surface area contributed by atoms with Crippen molar-refractivity contribution in [3.63, 3.8) is 0 Å². The van der Waals surface area contributed by atoms with Gasteiger partial charge in [-0.25, -0.2) is 0 Å². The first kappa shape index (κ1) is 18.9. The third kappa shape index (κ3) is 11.4. The first-order valence-electron chi connectivity index (χ1n) is 7.82. The van der Waals surface area contributed by atoms with Crippen molar-refractivity contribution in [3.8, 4) is 0 Å². The van der Waals surface area contributed by atoms with E-state index in [1.807, 2.05) is 0 Å². The molecular weight excluding hydrogens is 236 g/mol. The van der Waals surface area contributed by atoms with Gasteiger partial charge < -0.3 is 9.47 Å². The highest BCUT2D eigenvalue weighted by Crippen LogP contribution is 2.23. The van der Waals surface area contributed by atoms with E-state index in [1.54, 1.807) is 0 Å². The minimum Gasteiger partial charge on any atom is -0.373 e. The number of ether oxygens (including phenoxy) is 2. The van der Waals surface area contributed by atoms with E-state index in [0.717, 1.165) is 25.4 Å². The summed E-state index contributed by atoms with van der Waals surface area (Å²) < 4.78 is 12.0. The maximum atomic E-state index is 6.08. The minimum atomic E-state index is -0.190. The molecule has 116 valence electrons. The van der Waals surface area contributed by atoms with Crippen LogP contribution >= 0.6 is 0 Å². The highest BCUT2D eigenvalue weighted by molar-refractivity contribution is 4.74. The fourth-order valence-electron chi connectivity index (χ4n) is 1.69. The molecule has 0 aromatic rings. The zero-order valence-corrected chi connectivity index (χ0v) is 14.5. The van der Waals surface area contributed by atoms with Crippen LogP contribution in [0.2, 0.25) is 0 Å². The summed E-state index contributed by atoms with van der Waals surface area (Å²) in [7, 11) is 0. The molecule has 0 rings (SSSR count). The van der Waals surface area contributed by atoms with Gasteiger partial charge in [0.1, 0.15) is 0 Å². The SMILES string of the molecule is CC(C)CCOC(C)(C)COC(C)(C)CCC(C)C. The summed E-state index contributed by atoms with van der Waals surface area (Å²) >= 11 is 0. The van der Waals surface area contributed by atoms with Crippen molar-refractivity contribution in [3.05, 3.63) is 0 Å². The third-order valence-electron chi connectivity index (χ3n) is 3.32. The fourth-order valence-corrected chi connectivity index (χ4v) is 1.69. The first-order chi connectivity index (χ1) is 8.54. The van der Waals surface area contributed by atoms with E-state index in [0.29, 0.717) is 12.5 Å². The lowest BCUT2D eigenvalue weighted by Crippen LogP contribution is -2.37. The maximum Gasteiger partial charge on any atom is 0.0859 e. The van der Waals surface area contributed by atoms with Crippen LogP contribution in [-0.2, 0) is 9.47 Å². The van der Waals surface area contributed by atoms with E-state index in [2.05, 4.69) is 55.4 Å². The monoisotopic (exact) mass is 272 g/mol. The lowest BCUT2D eigenvalue weighted by Gasteiger charge is -2.32. The molecule has 0 aliphatic carbocycles. The molecule has 0 aliphatic rings. The molecule has 2 nitrogen and oxygen atoms in total. The molecule has 0 saturated carbocycles. The van der Waals surface area contributed by atoms with Gasteiger partial charge in [-0.3, -0.25) is 0 Å². The number of hydrogen-bond acceptors (Lipinski definition) is 2. The summed E-state index contributed by atoms with van der Waals surface area (Å²) in [5.41, 5.74) is -0.243. The molecule has 0 saturated heterocycles. The molecular formula is C17H36O2. The molecule has 0 atom stereocenters. The summed E-state index contributed by atoms with van der Waals surface area (Å²) in [6, 6.07) is 0. The Morgan fingerprint density at radius 1 is 0.737 bits per heavy atom. The molecule has 0 heterocycles. The Labute approximate surface area is 121 Å². The Morgan fingerprint density at radius 2 is 1.26 bits per heavy atom. The van der Waals surface area contributed by atoms with E-state index in [4.69, 9.17) is 9.47 Å². The van der Waals surface area contributed by atoms with Crippen molar-refractivity contribution in [1.29, 1.82) is 0 Å². The van der Waals surface area contributed by atoms with Gasteiger partial charge in [-0.05, 0) is 58.8 Å². The van der Waals surface area contributed by atoms with Crippen molar-refractivity contribution in [1.82, 2.24) is 0 Å². The molecule has 0 bridgehead atoms. The van der Waals surface area contributed by atoms with Crippen LogP contribution in [0.25, 0.3) is 0 Å². The topological polar surface area (TPSA) is 18.5 Å². The van der Waals surface area contributed by atoms with Crippen LogP contribution in [0.4, 0.5) is 0 Å². The molecule has 0 N–H and O–H groups in total. The Morgan fingerprint density at radius 3 is 1.74 bits per heavy atom. The molecule has 0 spiro atoms. The third-order valence-corrected chi connectivity index (χ3v) is 3.32. The second-order valence-electron chi connectivity index (χ2n) is 7.77. The Kier molecular flexibility index (Phi) is 8.23. The zero-order chi connectivity index (χ0) is 15.1. The van der Waals surface area contributed by atoms with Crippen LogP contribution in [0.3, 0.4) is 0 Å². The summed E-state index contributed by atoms with van der Waals surface area (Å²) in [6.45, 7) is 19.0. The fraction of sp³-hybridized carbons (Fsp3) is 1.00. The van der Waals surface area contributed by atoms with Gasteiger partial charge in [-0.1, -0.05) is 27.7 Å². The predicted octanol–water partition coefficient (Wildman–Crippen LogP) is 5.06. The quantitative estimate of drug-likeness (QED) is 0.553. The van der Waals surface area contributed by atoms with Crippen LogP contribution < -0.4 is 0 Å². The van der Waals surface area contributed by atoms with Crippen LogP contribution in [0.1, 0.15) is 74.7 Å². The zero-order valence-electron chi connectivity index (χ0n) is 14.5. The highest BCUT2D eigenvalue weighted by Gasteiger charge is 2.25. The van der Waals surface area contributed by atoms with Crippen LogP contribution in [0.15, 0.2) is 0 Å². The summed E-state index contributed by atoms with van der Waals surface area (Å²) in [5, 5.41) is 0. The van der Waals surface area contributed by atoms with E-state index in [9.17, 15) is 0 Å². The minimum absolute atomic E-state index is 0.0526. The van der Waals surface area contributed by atoms with Crippen molar-refractivity contribution in [2.24, 2.45) is 11.8 Å². The molecule has 0 aliphatic heterocycles. The van der Waals surface area contributed by atoms with Crippen molar-refractivity contribution >= 4 is 0 Å². The molecule has 0 unspecified atom stereocenters. The van der Waals surface area contributed by atoms with Crippen molar-refractivity contribution < 1.29 is 9.47 Å². The molecule has 0 radical (unpaired) electrons. The van der Waals surface area contributed by atoms with Crippen molar-refractivity contribution in [2.75, 3.05) is 13.2 Å². The Balaban J connectivity index is 3.99. The van der Waals surface area contributed by atoms with Crippen LogP contribution in [-0.4, -0.2) is 24.4 Å². The molecule has 0 fully saturated rings. The van der Waals surface area contributed by atoms with E-state index >= 15 is 0 Å². The molecule has 0 aromatic heterocycles.